The molecule has 1 aromatic carbocycles. The third-order valence-corrected chi connectivity index (χ3v) is 5.21. The van der Waals surface area contributed by atoms with E-state index in [1.807, 2.05) is 29.2 Å². The van der Waals surface area contributed by atoms with Gasteiger partial charge in [-0.2, -0.15) is 5.10 Å². The predicted molar refractivity (Wildman–Crippen MR) is 93.1 cm³/mol. The Hall–Kier alpha value is -1.85. The molecule has 0 saturated heterocycles. The largest absolute Gasteiger partial charge is 0.328 e. The highest BCUT2D eigenvalue weighted by atomic mass is 35.5. The summed E-state index contributed by atoms with van der Waals surface area (Å²) in [6, 6.07) is 8.07. The highest BCUT2D eigenvalue weighted by Gasteiger charge is 2.38. The van der Waals surface area contributed by atoms with Crippen LogP contribution >= 0.6 is 11.6 Å². The van der Waals surface area contributed by atoms with E-state index in [-0.39, 0.29) is 11.9 Å². The van der Waals surface area contributed by atoms with Crippen LogP contribution in [0.25, 0.3) is 0 Å². The number of amides is 1. The van der Waals surface area contributed by atoms with E-state index in [2.05, 4.69) is 22.4 Å². The van der Waals surface area contributed by atoms with Gasteiger partial charge in [0.15, 0.2) is 5.69 Å². The third kappa shape index (κ3) is 2.82. The number of carbonyl (C=O) groups excluding carboxylic acids is 1. The van der Waals surface area contributed by atoms with Crippen LogP contribution in [0, 0.1) is 0 Å². The molecule has 126 valence electrons. The Morgan fingerprint density at radius 1 is 1.33 bits per heavy atom. The molecule has 5 nitrogen and oxygen atoms in total. The lowest BCUT2D eigenvalue weighted by molar-refractivity contribution is 0.0666. The molecular weight excluding hydrogens is 324 g/mol. The van der Waals surface area contributed by atoms with Gasteiger partial charge in [0.25, 0.3) is 5.91 Å². The number of hydrogen-bond donors (Lipinski definition) is 2. The van der Waals surface area contributed by atoms with Gasteiger partial charge in [-0.1, -0.05) is 23.7 Å². The van der Waals surface area contributed by atoms with Gasteiger partial charge < -0.3 is 10.2 Å². The Morgan fingerprint density at radius 3 is 2.79 bits per heavy atom. The molecule has 0 bridgehead atoms. The van der Waals surface area contributed by atoms with Crippen molar-refractivity contribution in [2.45, 2.75) is 44.8 Å². The van der Waals surface area contributed by atoms with Crippen molar-refractivity contribution in [1.82, 2.24) is 20.4 Å². The standard InChI is InChI=1S/C18H21ClN4O/c1-11(12-2-4-13(19)5-3-12)23(14-6-7-14)18(24)17-15-10-20-9-8-16(15)21-22-17/h2-5,11,14,20H,6-10H2,1H3,(H,21,22). The van der Waals surface area contributed by atoms with Crippen LogP contribution in [0.1, 0.15) is 53.1 Å². The molecule has 24 heavy (non-hydrogen) atoms. The fourth-order valence-corrected chi connectivity index (χ4v) is 3.56. The van der Waals surface area contributed by atoms with Gasteiger partial charge in [0.05, 0.1) is 6.04 Å². The summed E-state index contributed by atoms with van der Waals surface area (Å²) in [5, 5.41) is 11.4. The minimum Gasteiger partial charge on any atom is -0.328 e. The van der Waals surface area contributed by atoms with E-state index in [1.54, 1.807) is 0 Å². The van der Waals surface area contributed by atoms with Crippen LogP contribution in [0.5, 0.6) is 0 Å². The predicted octanol–water partition coefficient (Wildman–Crippen LogP) is 3.07. The van der Waals surface area contributed by atoms with Gasteiger partial charge in [-0.15, -0.1) is 0 Å². The van der Waals surface area contributed by atoms with E-state index in [0.29, 0.717) is 23.3 Å². The second-order valence-electron chi connectivity index (χ2n) is 6.63. The second kappa shape index (κ2) is 6.22. The number of hydrogen-bond acceptors (Lipinski definition) is 3. The molecule has 2 aliphatic rings. The van der Waals surface area contributed by atoms with Crippen LogP contribution in [0.2, 0.25) is 5.02 Å². The number of nitrogens with one attached hydrogen (secondary N) is 2. The zero-order chi connectivity index (χ0) is 16.7. The lowest BCUT2D eigenvalue weighted by Gasteiger charge is -2.29. The van der Waals surface area contributed by atoms with Gasteiger partial charge in [-0.3, -0.25) is 9.89 Å². The summed E-state index contributed by atoms with van der Waals surface area (Å²) in [7, 11) is 0. The first kappa shape index (κ1) is 15.7. The van der Waals surface area contributed by atoms with Gasteiger partial charge in [0.1, 0.15) is 0 Å². The third-order valence-electron chi connectivity index (χ3n) is 4.95. The average molecular weight is 345 g/mol. The van der Waals surface area contributed by atoms with Crippen molar-refractivity contribution >= 4 is 17.5 Å². The molecule has 1 amide bonds. The first-order valence-corrected chi connectivity index (χ1v) is 8.88. The van der Waals surface area contributed by atoms with E-state index >= 15 is 0 Å². The number of aromatic nitrogens is 2. The van der Waals surface area contributed by atoms with Gasteiger partial charge in [0, 0.05) is 41.8 Å². The molecular formula is C18H21ClN4O. The van der Waals surface area contributed by atoms with Crippen LogP contribution in [-0.2, 0) is 13.0 Å². The lowest BCUT2D eigenvalue weighted by atomic mass is 10.0. The Labute approximate surface area is 146 Å². The molecule has 6 heteroatoms. The normalized spacial score (nSPS) is 18.1. The SMILES string of the molecule is CC(c1ccc(Cl)cc1)N(C(=O)c1n[nH]c2c1CNCC2)C1CC1. The summed E-state index contributed by atoms with van der Waals surface area (Å²) >= 11 is 5.99. The van der Waals surface area contributed by atoms with Crippen LogP contribution in [0.3, 0.4) is 0 Å². The first-order chi connectivity index (χ1) is 11.6. The number of fused-ring (bicyclic) bond motifs is 1. The molecule has 1 saturated carbocycles. The van der Waals surface area contributed by atoms with E-state index in [0.717, 1.165) is 42.6 Å². The number of nitrogens with zero attached hydrogens (tertiary/aromatic N) is 2. The fraction of sp³-hybridized carbons (Fsp3) is 0.444. The number of benzene rings is 1. The van der Waals surface area contributed by atoms with Crippen LogP contribution in [-0.4, -0.2) is 33.6 Å². The van der Waals surface area contributed by atoms with Crippen LogP contribution in [0.15, 0.2) is 24.3 Å². The number of aromatic amines is 1. The molecule has 0 radical (unpaired) electrons. The smallest absolute Gasteiger partial charge is 0.275 e. The van der Waals surface area contributed by atoms with Gasteiger partial charge in [-0.05, 0) is 37.5 Å². The maximum atomic E-state index is 13.2. The van der Waals surface area contributed by atoms with Crippen molar-refractivity contribution < 1.29 is 4.79 Å². The Balaban J connectivity index is 1.64. The maximum Gasteiger partial charge on any atom is 0.275 e. The Bertz CT molecular complexity index is 751. The highest BCUT2D eigenvalue weighted by Crippen LogP contribution is 2.36. The van der Waals surface area contributed by atoms with Crippen molar-refractivity contribution in [3.8, 4) is 0 Å². The van der Waals surface area contributed by atoms with Crippen LogP contribution in [0.4, 0.5) is 0 Å². The minimum atomic E-state index is 0.00571. The molecule has 2 aromatic rings. The summed E-state index contributed by atoms with van der Waals surface area (Å²) < 4.78 is 0. The number of rotatable bonds is 4. The molecule has 1 unspecified atom stereocenters. The first-order valence-electron chi connectivity index (χ1n) is 8.50. The monoisotopic (exact) mass is 344 g/mol. The summed E-state index contributed by atoms with van der Waals surface area (Å²) in [5.74, 6) is 0.0288. The van der Waals surface area contributed by atoms with E-state index in [1.165, 1.54) is 0 Å². The van der Waals surface area contributed by atoms with E-state index < -0.39 is 0 Å². The Morgan fingerprint density at radius 2 is 2.08 bits per heavy atom. The van der Waals surface area contributed by atoms with Crippen molar-refractivity contribution in [3.63, 3.8) is 0 Å². The van der Waals surface area contributed by atoms with Crippen LogP contribution < -0.4 is 5.32 Å². The van der Waals surface area contributed by atoms with Crippen molar-refractivity contribution in [2.24, 2.45) is 0 Å². The summed E-state index contributed by atoms with van der Waals surface area (Å²) in [5.41, 5.74) is 3.79. The van der Waals surface area contributed by atoms with Gasteiger partial charge >= 0.3 is 0 Å². The molecule has 1 fully saturated rings. The Kier molecular flexibility index (Phi) is 4.06. The average Bonchev–Trinajstić information content (AvgIpc) is 3.33. The highest BCUT2D eigenvalue weighted by molar-refractivity contribution is 6.30. The molecule has 1 aliphatic heterocycles. The zero-order valence-corrected chi connectivity index (χ0v) is 14.4. The summed E-state index contributed by atoms with van der Waals surface area (Å²) in [6.07, 6.45) is 3.02. The summed E-state index contributed by atoms with van der Waals surface area (Å²) in [4.78, 5) is 15.2. The van der Waals surface area contributed by atoms with Gasteiger partial charge in [-0.25, -0.2) is 0 Å². The fourth-order valence-electron chi connectivity index (χ4n) is 3.44. The van der Waals surface area contributed by atoms with Crippen molar-refractivity contribution in [2.75, 3.05) is 6.54 Å². The quantitative estimate of drug-likeness (QED) is 0.896. The van der Waals surface area contributed by atoms with Crippen molar-refractivity contribution in [1.29, 1.82) is 0 Å². The number of H-pyrrole nitrogens is 1. The minimum absolute atomic E-state index is 0.00571. The molecule has 1 aliphatic carbocycles. The molecule has 0 spiro atoms. The molecule has 4 rings (SSSR count). The zero-order valence-electron chi connectivity index (χ0n) is 13.7. The topological polar surface area (TPSA) is 61.0 Å². The van der Waals surface area contributed by atoms with E-state index in [4.69, 9.17) is 11.6 Å². The van der Waals surface area contributed by atoms with Crippen molar-refractivity contribution in [3.05, 3.63) is 51.8 Å². The van der Waals surface area contributed by atoms with Gasteiger partial charge in [0.2, 0.25) is 0 Å². The summed E-state index contributed by atoms with van der Waals surface area (Å²) in [6.45, 7) is 3.72. The molecule has 1 aromatic heterocycles. The molecule has 1 atom stereocenters. The number of carbonyl (C=O) groups is 1. The number of halogens is 1. The molecule has 2 heterocycles. The maximum absolute atomic E-state index is 13.2. The lowest BCUT2D eigenvalue weighted by Crippen LogP contribution is -2.37. The molecule has 2 N–H and O–H groups in total. The second-order valence-corrected chi connectivity index (χ2v) is 7.06. The van der Waals surface area contributed by atoms with E-state index in [9.17, 15) is 4.79 Å².